The lowest BCUT2D eigenvalue weighted by Crippen LogP contribution is -2.49. The molecule has 0 saturated carbocycles. The smallest absolute Gasteiger partial charge is 0.410 e. The van der Waals surface area contributed by atoms with Gasteiger partial charge < -0.3 is 9.64 Å². The molecule has 3 rings (SSSR count). The molecule has 2 unspecified atom stereocenters. The van der Waals surface area contributed by atoms with Crippen LogP contribution < -0.4 is 0 Å². The number of hydrogen-bond donors (Lipinski definition) is 0. The van der Waals surface area contributed by atoms with Gasteiger partial charge >= 0.3 is 6.09 Å². The zero-order valence-electron chi connectivity index (χ0n) is 14.7. The maximum absolute atomic E-state index is 12.6. The van der Waals surface area contributed by atoms with Crippen LogP contribution in [0.25, 0.3) is 0 Å². The zero-order valence-corrected chi connectivity index (χ0v) is 14.7. The molecule has 5 heteroatoms. The van der Waals surface area contributed by atoms with Crippen LogP contribution in [0, 0.1) is 5.92 Å². The standard InChI is InChI=1S/C19H26N2O3/c1-19(2,3)24-18(23)21-15-7-8-16(21)11-13(10-15)17(22)12-14-6-4-5-9-20-14/h4-6,9,13,15-16H,7-8,10-12H2,1-3H3. The number of fused-ring (bicyclic) bond motifs is 2. The van der Waals surface area contributed by atoms with Gasteiger partial charge in [0.05, 0.1) is 0 Å². The molecular weight excluding hydrogens is 304 g/mol. The molecule has 2 aliphatic heterocycles. The number of carbonyl (C=O) groups is 2. The molecule has 0 spiro atoms. The summed E-state index contributed by atoms with van der Waals surface area (Å²) in [7, 11) is 0. The van der Waals surface area contributed by atoms with E-state index < -0.39 is 5.60 Å². The summed E-state index contributed by atoms with van der Waals surface area (Å²) in [5.74, 6) is 0.276. The molecule has 2 saturated heterocycles. The van der Waals surface area contributed by atoms with Gasteiger partial charge in [-0.1, -0.05) is 6.07 Å². The third kappa shape index (κ3) is 3.77. The van der Waals surface area contributed by atoms with Crippen LogP contribution in [0.2, 0.25) is 0 Å². The Kier molecular flexibility index (Phi) is 4.61. The van der Waals surface area contributed by atoms with Gasteiger partial charge in [-0.3, -0.25) is 9.78 Å². The van der Waals surface area contributed by atoms with E-state index in [-0.39, 0.29) is 29.9 Å². The summed E-state index contributed by atoms with van der Waals surface area (Å²) >= 11 is 0. The van der Waals surface area contributed by atoms with Gasteiger partial charge in [0.2, 0.25) is 0 Å². The summed E-state index contributed by atoms with van der Waals surface area (Å²) in [4.78, 5) is 31.2. The van der Waals surface area contributed by atoms with Crippen LogP contribution in [0.4, 0.5) is 4.79 Å². The fourth-order valence-electron chi connectivity index (χ4n) is 3.88. The van der Waals surface area contributed by atoms with Crippen LogP contribution >= 0.6 is 0 Å². The Morgan fingerprint density at radius 1 is 1.21 bits per heavy atom. The molecule has 2 aliphatic rings. The van der Waals surface area contributed by atoms with Crippen LogP contribution in [0.1, 0.15) is 52.1 Å². The van der Waals surface area contributed by atoms with Crippen molar-refractivity contribution in [1.82, 2.24) is 9.88 Å². The van der Waals surface area contributed by atoms with E-state index in [1.165, 1.54) is 0 Å². The molecule has 24 heavy (non-hydrogen) atoms. The van der Waals surface area contributed by atoms with Crippen molar-refractivity contribution < 1.29 is 14.3 Å². The molecule has 0 radical (unpaired) electrons. The number of ketones is 1. The largest absolute Gasteiger partial charge is 0.444 e. The number of ether oxygens (including phenoxy) is 1. The second kappa shape index (κ2) is 6.54. The summed E-state index contributed by atoms with van der Waals surface area (Å²) in [5, 5.41) is 0. The summed E-state index contributed by atoms with van der Waals surface area (Å²) in [6.45, 7) is 5.65. The fourth-order valence-corrected chi connectivity index (χ4v) is 3.88. The van der Waals surface area contributed by atoms with Gasteiger partial charge in [-0.2, -0.15) is 0 Å². The first-order valence-electron chi connectivity index (χ1n) is 8.77. The van der Waals surface area contributed by atoms with E-state index in [1.807, 2.05) is 43.9 Å². The van der Waals surface area contributed by atoms with E-state index in [9.17, 15) is 9.59 Å². The average molecular weight is 330 g/mol. The number of Topliss-reactive ketones (excluding diaryl/α,β-unsaturated/α-hetero) is 1. The lowest BCUT2D eigenvalue weighted by atomic mass is 9.86. The molecule has 1 amide bonds. The first kappa shape index (κ1) is 16.9. The SMILES string of the molecule is CC(C)(C)OC(=O)N1C2CCC1CC(C(=O)Cc1ccccn1)C2. The highest BCUT2D eigenvalue weighted by Crippen LogP contribution is 2.40. The Bertz CT molecular complexity index is 595. The van der Waals surface area contributed by atoms with E-state index in [0.29, 0.717) is 6.42 Å². The summed E-state index contributed by atoms with van der Waals surface area (Å²) in [6.07, 6.45) is 5.32. The maximum atomic E-state index is 12.6. The van der Waals surface area contributed by atoms with Crippen molar-refractivity contribution in [2.45, 2.75) is 70.6 Å². The lowest BCUT2D eigenvalue weighted by molar-refractivity contribution is -0.124. The van der Waals surface area contributed by atoms with Crippen LogP contribution in [0.3, 0.4) is 0 Å². The van der Waals surface area contributed by atoms with Crippen molar-refractivity contribution in [2.24, 2.45) is 5.92 Å². The van der Waals surface area contributed by atoms with Gasteiger partial charge in [-0.15, -0.1) is 0 Å². The lowest BCUT2D eigenvalue weighted by Gasteiger charge is -2.39. The van der Waals surface area contributed by atoms with Crippen molar-refractivity contribution in [3.63, 3.8) is 0 Å². The molecule has 3 heterocycles. The molecule has 0 aliphatic carbocycles. The van der Waals surface area contributed by atoms with Gasteiger partial charge in [0, 0.05) is 36.3 Å². The second-order valence-corrected chi connectivity index (χ2v) is 7.91. The van der Waals surface area contributed by atoms with Crippen molar-refractivity contribution in [1.29, 1.82) is 0 Å². The molecular formula is C19H26N2O3. The number of rotatable bonds is 3. The number of amides is 1. The summed E-state index contributed by atoms with van der Waals surface area (Å²) in [6, 6.07) is 5.92. The summed E-state index contributed by atoms with van der Waals surface area (Å²) in [5.41, 5.74) is 0.340. The van der Waals surface area contributed by atoms with Crippen molar-refractivity contribution in [3.05, 3.63) is 30.1 Å². The van der Waals surface area contributed by atoms with Gasteiger partial charge in [-0.05, 0) is 58.6 Å². The molecule has 2 fully saturated rings. The molecule has 2 atom stereocenters. The van der Waals surface area contributed by atoms with Crippen molar-refractivity contribution >= 4 is 11.9 Å². The predicted octanol–water partition coefficient (Wildman–Crippen LogP) is 3.37. The Labute approximate surface area is 143 Å². The molecule has 1 aromatic heterocycles. The van der Waals surface area contributed by atoms with E-state index in [2.05, 4.69) is 4.98 Å². The molecule has 5 nitrogen and oxygen atoms in total. The third-order valence-electron chi connectivity index (χ3n) is 4.87. The highest BCUT2D eigenvalue weighted by molar-refractivity contribution is 5.83. The Morgan fingerprint density at radius 2 is 1.88 bits per heavy atom. The highest BCUT2D eigenvalue weighted by Gasteiger charge is 2.46. The molecule has 130 valence electrons. The van der Waals surface area contributed by atoms with Gasteiger partial charge in [0.25, 0.3) is 0 Å². The molecule has 2 bridgehead atoms. The minimum Gasteiger partial charge on any atom is -0.444 e. The molecule has 0 N–H and O–H groups in total. The van der Waals surface area contributed by atoms with Gasteiger partial charge in [0.1, 0.15) is 11.4 Å². The third-order valence-corrected chi connectivity index (χ3v) is 4.87. The van der Waals surface area contributed by atoms with Crippen LogP contribution in [0.5, 0.6) is 0 Å². The van der Waals surface area contributed by atoms with E-state index in [1.54, 1.807) is 6.20 Å². The maximum Gasteiger partial charge on any atom is 0.410 e. The molecule has 1 aromatic rings. The van der Waals surface area contributed by atoms with Crippen LogP contribution in [-0.4, -0.2) is 39.4 Å². The number of hydrogen-bond acceptors (Lipinski definition) is 4. The Balaban J connectivity index is 1.62. The van der Waals surface area contributed by atoms with Gasteiger partial charge in [-0.25, -0.2) is 4.79 Å². The fraction of sp³-hybridized carbons (Fsp3) is 0.632. The first-order chi connectivity index (χ1) is 11.3. The first-order valence-corrected chi connectivity index (χ1v) is 8.77. The number of pyridine rings is 1. The van der Waals surface area contributed by atoms with E-state index in [4.69, 9.17) is 4.74 Å². The Hall–Kier alpha value is -1.91. The highest BCUT2D eigenvalue weighted by atomic mass is 16.6. The van der Waals surface area contributed by atoms with Gasteiger partial charge in [0.15, 0.2) is 0 Å². The topological polar surface area (TPSA) is 59.5 Å². The monoisotopic (exact) mass is 330 g/mol. The van der Waals surface area contributed by atoms with Crippen LogP contribution in [-0.2, 0) is 16.0 Å². The number of carbonyl (C=O) groups excluding carboxylic acids is 2. The van der Waals surface area contributed by atoms with Crippen molar-refractivity contribution in [2.75, 3.05) is 0 Å². The predicted molar refractivity (Wildman–Crippen MR) is 90.6 cm³/mol. The number of nitrogens with zero attached hydrogens (tertiary/aromatic N) is 2. The summed E-state index contributed by atoms with van der Waals surface area (Å²) < 4.78 is 5.54. The van der Waals surface area contributed by atoms with Crippen molar-refractivity contribution in [3.8, 4) is 0 Å². The Morgan fingerprint density at radius 3 is 2.42 bits per heavy atom. The minimum atomic E-state index is -0.484. The number of aromatic nitrogens is 1. The normalized spacial score (nSPS) is 26.3. The second-order valence-electron chi connectivity index (χ2n) is 7.91. The zero-order chi connectivity index (χ0) is 17.3. The average Bonchev–Trinajstić information content (AvgIpc) is 2.77. The van der Waals surface area contributed by atoms with E-state index in [0.717, 1.165) is 31.4 Å². The van der Waals surface area contributed by atoms with Crippen LogP contribution in [0.15, 0.2) is 24.4 Å². The minimum absolute atomic E-state index is 0.0307. The quantitative estimate of drug-likeness (QED) is 0.852. The van der Waals surface area contributed by atoms with E-state index >= 15 is 0 Å². The molecule has 0 aromatic carbocycles. The number of piperidine rings is 1.